The van der Waals surface area contributed by atoms with Crippen LogP contribution in [0.5, 0.6) is 0 Å². The van der Waals surface area contributed by atoms with Gasteiger partial charge < -0.3 is 24.9 Å². The van der Waals surface area contributed by atoms with Crippen LogP contribution in [0.2, 0.25) is 0 Å². The highest BCUT2D eigenvalue weighted by Gasteiger charge is 2.11. The van der Waals surface area contributed by atoms with Crippen LogP contribution in [-0.4, -0.2) is 23.6 Å². The summed E-state index contributed by atoms with van der Waals surface area (Å²) >= 11 is 0. The van der Waals surface area contributed by atoms with Crippen LogP contribution < -0.4 is 16.0 Å². The molecule has 8 nitrogen and oxygen atoms in total. The van der Waals surface area contributed by atoms with Gasteiger partial charge in [0.2, 0.25) is 5.91 Å². The van der Waals surface area contributed by atoms with Crippen LogP contribution in [-0.2, 0) is 17.9 Å². The summed E-state index contributed by atoms with van der Waals surface area (Å²) in [5.41, 5.74) is 1.56. The fourth-order valence-corrected chi connectivity index (χ4v) is 1.81. The largest absolute Gasteiger partial charge is 0.467 e. The van der Waals surface area contributed by atoms with Gasteiger partial charge in [0, 0.05) is 12.1 Å². The number of hydrogen-bond donors (Lipinski definition) is 3. The summed E-state index contributed by atoms with van der Waals surface area (Å²) in [7, 11) is 0. The Labute approximate surface area is 127 Å². The van der Waals surface area contributed by atoms with Crippen molar-refractivity contribution in [2.24, 2.45) is 0 Å². The smallest absolute Gasteiger partial charge is 0.315 e. The molecule has 3 amide bonds. The number of aryl methyl sites for hydroxylation is 2. The number of nitrogens with zero attached hydrogens (tertiary/aromatic N) is 1. The minimum atomic E-state index is -0.437. The molecule has 2 aromatic heterocycles. The number of furan rings is 1. The van der Waals surface area contributed by atoms with E-state index in [-0.39, 0.29) is 19.0 Å². The predicted octanol–water partition coefficient (Wildman–Crippen LogP) is 1.00. The van der Waals surface area contributed by atoms with Crippen LogP contribution in [0.1, 0.15) is 22.8 Å². The Morgan fingerprint density at radius 1 is 1.18 bits per heavy atom. The first kappa shape index (κ1) is 15.6. The lowest BCUT2D eigenvalue weighted by Crippen LogP contribution is -2.41. The lowest BCUT2D eigenvalue weighted by atomic mass is 10.2. The number of rotatable bonds is 6. The SMILES string of the molecule is Cc1noc(C)c1CNC(=O)NCC(=O)NCc1ccco1. The second kappa shape index (κ2) is 7.30. The van der Waals surface area contributed by atoms with Gasteiger partial charge in [0.1, 0.15) is 11.5 Å². The first-order valence-corrected chi connectivity index (χ1v) is 6.79. The number of amides is 3. The molecular weight excluding hydrogens is 288 g/mol. The van der Waals surface area contributed by atoms with Crippen LogP contribution in [0.4, 0.5) is 4.79 Å². The third kappa shape index (κ3) is 4.37. The lowest BCUT2D eigenvalue weighted by molar-refractivity contribution is -0.120. The number of carbonyl (C=O) groups excluding carboxylic acids is 2. The van der Waals surface area contributed by atoms with Crippen molar-refractivity contribution in [1.82, 2.24) is 21.1 Å². The van der Waals surface area contributed by atoms with E-state index in [4.69, 9.17) is 8.94 Å². The predicted molar refractivity (Wildman–Crippen MR) is 76.8 cm³/mol. The molecule has 0 fully saturated rings. The molecule has 2 heterocycles. The zero-order valence-electron chi connectivity index (χ0n) is 12.4. The van der Waals surface area contributed by atoms with Crippen molar-refractivity contribution >= 4 is 11.9 Å². The van der Waals surface area contributed by atoms with E-state index in [0.29, 0.717) is 18.1 Å². The van der Waals surface area contributed by atoms with Crippen molar-refractivity contribution in [2.75, 3.05) is 6.54 Å². The average molecular weight is 306 g/mol. The molecule has 0 spiro atoms. The zero-order chi connectivity index (χ0) is 15.9. The summed E-state index contributed by atoms with van der Waals surface area (Å²) < 4.78 is 10.1. The average Bonchev–Trinajstić information content (AvgIpc) is 3.12. The number of nitrogens with one attached hydrogen (secondary N) is 3. The molecule has 0 bridgehead atoms. The summed E-state index contributed by atoms with van der Waals surface area (Å²) in [6.07, 6.45) is 1.53. The molecule has 118 valence electrons. The molecule has 22 heavy (non-hydrogen) atoms. The van der Waals surface area contributed by atoms with Crippen molar-refractivity contribution in [3.05, 3.63) is 41.2 Å². The van der Waals surface area contributed by atoms with E-state index in [9.17, 15) is 9.59 Å². The Bertz CT molecular complexity index is 614. The van der Waals surface area contributed by atoms with Gasteiger partial charge >= 0.3 is 6.03 Å². The van der Waals surface area contributed by atoms with E-state index in [1.54, 1.807) is 26.0 Å². The first-order valence-electron chi connectivity index (χ1n) is 6.79. The molecule has 0 saturated heterocycles. The van der Waals surface area contributed by atoms with Crippen LogP contribution in [0.25, 0.3) is 0 Å². The van der Waals surface area contributed by atoms with Gasteiger partial charge in [-0.15, -0.1) is 0 Å². The van der Waals surface area contributed by atoms with E-state index >= 15 is 0 Å². The van der Waals surface area contributed by atoms with Crippen LogP contribution >= 0.6 is 0 Å². The van der Waals surface area contributed by atoms with E-state index in [0.717, 1.165) is 11.3 Å². The molecule has 0 unspecified atom stereocenters. The topological polar surface area (TPSA) is 109 Å². The van der Waals surface area contributed by atoms with Gasteiger partial charge in [-0.3, -0.25) is 4.79 Å². The van der Waals surface area contributed by atoms with Crippen LogP contribution in [0.15, 0.2) is 27.3 Å². The molecule has 0 radical (unpaired) electrons. The van der Waals surface area contributed by atoms with Crippen molar-refractivity contribution < 1.29 is 18.5 Å². The number of carbonyl (C=O) groups is 2. The number of urea groups is 1. The second-order valence-corrected chi connectivity index (χ2v) is 4.70. The lowest BCUT2D eigenvalue weighted by Gasteiger charge is -2.07. The molecule has 8 heteroatoms. The van der Waals surface area contributed by atoms with Gasteiger partial charge in [-0.25, -0.2) is 4.79 Å². The standard InChI is InChI=1S/C14H18N4O4/c1-9-12(10(2)22-18-9)7-16-14(20)17-8-13(19)15-6-11-4-3-5-21-11/h3-5H,6-8H2,1-2H3,(H,15,19)(H2,16,17,20). The summed E-state index contributed by atoms with van der Waals surface area (Å²) in [6.45, 7) is 4.04. The molecule has 0 aliphatic rings. The highest BCUT2D eigenvalue weighted by molar-refractivity contribution is 5.83. The van der Waals surface area contributed by atoms with Crippen molar-refractivity contribution in [3.63, 3.8) is 0 Å². The summed E-state index contributed by atoms with van der Waals surface area (Å²) in [6, 6.07) is 3.06. The maximum Gasteiger partial charge on any atom is 0.315 e. The molecule has 2 rings (SSSR count). The van der Waals surface area contributed by atoms with Gasteiger partial charge in [-0.05, 0) is 26.0 Å². The van der Waals surface area contributed by atoms with Crippen molar-refractivity contribution in [3.8, 4) is 0 Å². The molecule has 0 aliphatic carbocycles. The van der Waals surface area contributed by atoms with E-state index in [2.05, 4.69) is 21.1 Å². The minimum Gasteiger partial charge on any atom is -0.467 e. The minimum absolute atomic E-state index is 0.117. The van der Waals surface area contributed by atoms with Gasteiger partial charge in [0.05, 0.1) is 25.0 Å². The monoisotopic (exact) mass is 306 g/mol. The highest BCUT2D eigenvalue weighted by Crippen LogP contribution is 2.11. The third-order valence-electron chi connectivity index (χ3n) is 3.06. The maximum absolute atomic E-state index is 11.6. The van der Waals surface area contributed by atoms with Crippen LogP contribution in [0, 0.1) is 13.8 Å². The fourth-order valence-electron chi connectivity index (χ4n) is 1.81. The molecule has 0 saturated carbocycles. The number of aromatic nitrogens is 1. The van der Waals surface area contributed by atoms with Crippen LogP contribution in [0.3, 0.4) is 0 Å². The highest BCUT2D eigenvalue weighted by atomic mass is 16.5. The Hall–Kier alpha value is -2.77. The van der Waals surface area contributed by atoms with Crippen molar-refractivity contribution in [1.29, 1.82) is 0 Å². The van der Waals surface area contributed by atoms with Gasteiger partial charge in [0.15, 0.2) is 0 Å². The van der Waals surface area contributed by atoms with E-state index in [1.165, 1.54) is 6.26 Å². The van der Waals surface area contributed by atoms with E-state index in [1.807, 2.05) is 0 Å². The van der Waals surface area contributed by atoms with Gasteiger partial charge in [-0.2, -0.15) is 0 Å². The molecule has 0 aliphatic heterocycles. The molecular formula is C14H18N4O4. The summed E-state index contributed by atoms with van der Waals surface area (Å²) in [5.74, 6) is 1.01. The summed E-state index contributed by atoms with van der Waals surface area (Å²) in [5, 5.41) is 11.5. The Morgan fingerprint density at radius 3 is 2.64 bits per heavy atom. The normalized spacial score (nSPS) is 10.3. The molecule has 0 atom stereocenters. The maximum atomic E-state index is 11.6. The van der Waals surface area contributed by atoms with E-state index < -0.39 is 6.03 Å². The first-order chi connectivity index (χ1) is 10.6. The molecule has 0 aromatic carbocycles. The Balaban J connectivity index is 1.66. The Morgan fingerprint density at radius 2 is 2.00 bits per heavy atom. The van der Waals surface area contributed by atoms with Gasteiger partial charge in [-0.1, -0.05) is 5.16 Å². The quantitative estimate of drug-likeness (QED) is 0.737. The summed E-state index contributed by atoms with van der Waals surface area (Å²) in [4.78, 5) is 23.2. The number of hydrogen-bond acceptors (Lipinski definition) is 5. The Kier molecular flexibility index (Phi) is 5.18. The molecule has 2 aromatic rings. The third-order valence-corrected chi connectivity index (χ3v) is 3.06. The molecule has 3 N–H and O–H groups in total. The van der Waals surface area contributed by atoms with Crippen molar-refractivity contribution in [2.45, 2.75) is 26.9 Å². The fraction of sp³-hybridized carbons (Fsp3) is 0.357. The zero-order valence-corrected chi connectivity index (χ0v) is 12.4. The van der Waals surface area contributed by atoms with Gasteiger partial charge in [0.25, 0.3) is 0 Å². The second-order valence-electron chi connectivity index (χ2n) is 4.70.